The molecule has 2 aliphatic rings. The van der Waals surface area contributed by atoms with Crippen molar-refractivity contribution in [2.45, 2.75) is 19.1 Å². The van der Waals surface area contributed by atoms with E-state index in [4.69, 9.17) is 12.2 Å². The van der Waals surface area contributed by atoms with Crippen molar-refractivity contribution in [2.24, 2.45) is 0 Å². The molecule has 6 nitrogen and oxygen atoms in total. The lowest BCUT2D eigenvalue weighted by Crippen LogP contribution is -2.35. The second-order valence-electron chi connectivity index (χ2n) is 8.87. The average Bonchev–Trinajstić information content (AvgIpc) is 3.35. The third-order valence-electron chi connectivity index (χ3n) is 6.39. The van der Waals surface area contributed by atoms with Crippen molar-refractivity contribution >= 4 is 63.0 Å². The summed E-state index contributed by atoms with van der Waals surface area (Å²) in [6.07, 6.45) is -4.57. The van der Waals surface area contributed by atoms with Gasteiger partial charge < -0.3 is 5.32 Å². The number of fused-ring (bicyclic) bond motifs is 1. The number of hydrogen-bond acceptors (Lipinski definition) is 5. The fourth-order valence-corrected chi connectivity index (χ4v) is 6.01. The summed E-state index contributed by atoms with van der Waals surface area (Å²) in [4.78, 5) is 42.9. The van der Waals surface area contributed by atoms with Gasteiger partial charge in [-0.15, -0.1) is 0 Å². The number of nitrogens with zero attached hydrogens (tertiary/aromatic N) is 2. The number of halogens is 3. The number of thioether (sulfide) groups is 1. The van der Waals surface area contributed by atoms with Gasteiger partial charge in [-0.05, 0) is 36.8 Å². The molecule has 39 heavy (non-hydrogen) atoms. The zero-order valence-corrected chi connectivity index (χ0v) is 22.0. The Kier molecular flexibility index (Phi) is 7.04. The lowest BCUT2D eigenvalue weighted by Gasteiger charge is -2.23. The lowest BCUT2D eigenvalue weighted by atomic mass is 10.1. The highest BCUT2D eigenvalue weighted by Gasteiger charge is 2.44. The van der Waals surface area contributed by atoms with Gasteiger partial charge in [0.2, 0.25) is 5.91 Å². The van der Waals surface area contributed by atoms with Crippen molar-refractivity contribution in [1.82, 2.24) is 4.90 Å². The zero-order valence-electron chi connectivity index (χ0n) is 20.4. The molecule has 198 valence electrons. The van der Waals surface area contributed by atoms with Crippen LogP contribution in [0, 0.1) is 0 Å². The number of anilines is 2. The maximum absolute atomic E-state index is 13.6. The molecule has 2 heterocycles. The van der Waals surface area contributed by atoms with Crippen LogP contribution in [0.4, 0.5) is 24.5 Å². The van der Waals surface area contributed by atoms with Crippen LogP contribution in [0.25, 0.3) is 5.57 Å². The second-order valence-corrected chi connectivity index (χ2v) is 10.5. The molecule has 3 aromatic carbocycles. The molecule has 3 aromatic rings. The predicted molar refractivity (Wildman–Crippen MR) is 148 cm³/mol. The van der Waals surface area contributed by atoms with Crippen LogP contribution < -0.4 is 10.2 Å². The fraction of sp³-hybridized carbons (Fsp3) is 0.143. The van der Waals surface area contributed by atoms with Crippen LogP contribution in [0.15, 0.2) is 83.8 Å². The number of hydrogen-bond donors (Lipinski definition) is 1. The van der Waals surface area contributed by atoms with E-state index in [-0.39, 0.29) is 22.2 Å². The molecule has 1 saturated heterocycles. The standard InChI is InChI=1S/C28H20F3N3O3S2/c1-16(17-8-3-2-4-9-17)34-26(37)24(39-27(34)38)23-20-12-5-6-13-21(20)33(25(23)36)15-22(35)32-19-11-7-10-18(14-19)28(29,30)31/h2-14,16H,15H2,1H3,(H,32,35)/b24-23-/t16-/m0/s1. The van der Waals surface area contributed by atoms with E-state index >= 15 is 0 Å². The molecule has 0 aromatic heterocycles. The first-order chi connectivity index (χ1) is 18.6. The van der Waals surface area contributed by atoms with Gasteiger partial charge in [0, 0.05) is 11.3 Å². The molecular formula is C28H20F3N3O3S2. The first kappa shape index (κ1) is 26.6. The van der Waals surface area contributed by atoms with E-state index in [0.29, 0.717) is 15.6 Å². The normalized spacial score (nSPS) is 18.0. The van der Waals surface area contributed by atoms with Crippen molar-refractivity contribution < 1.29 is 27.6 Å². The number of carbonyl (C=O) groups is 3. The molecule has 0 unspecified atom stereocenters. The van der Waals surface area contributed by atoms with Gasteiger partial charge in [-0.1, -0.05) is 78.6 Å². The fourth-order valence-electron chi connectivity index (χ4n) is 4.52. The molecule has 0 spiro atoms. The minimum absolute atomic E-state index is 0.0502. The molecule has 3 amide bonds. The number of carbonyl (C=O) groups excluding carboxylic acids is 3. The average molecular weight is 568 g/mol. The summed E-state index contributed by atoms with van der Waals surface area (Å²) in [5.74, 6) is -1.66. The van der Waals surface area contributed by atoms with Crippen LogP contribution in [0.5, 0.6) is 0 Å². The van der Waals surface area contributed by atoms with Gasteiger partial charge in [-0.25, -0.2) is 0 Å². The van der Waals surface area contributed by atoms with Crippen molar-refractivity contribution in [1.29, 1.82) is 0 Å². The Hall–Kier alpha value is -3.96. The highest BCUT2D eigenvalue weighted by molar-refractivity contribution is 8.26. The monoisotopic (exact) mass is 567 g/mol. The molecule has 0 radical (unpaired) electrons. The number of thiocarbonyl (C=S) groups is 1. The van der Waals surface area contributed by atoms with E-state index in [1.807, 2.05) is 37.3 Å². The van der Waals surface area contributed by atoms with Crippen LogP contribution in [0.1, 0.15) is 29.7 Å². The van der Waals surface area contributed by atoms with Gasteiger partial charge in [0.1, 0.15) is 10.9 Å². The summed E-state index contributed by atoms with van der Waals surface area (Å²) < 4.78 is 39.5. The SMILES string of the molecule is C[C@@H](c1ccccc1)N1C(=O)/C(=C2/C(=O)N(CC(=O)Nc3cccc(C(F)(F)F)c3)c3ccccc32)SC1=S. The third-order valence-corrected chi connectivity index (χ3v) is 7.79. The molecule has 1 atom stereocenters. The van der Waals surface area contributed by atoms with Crippen molar-refractivity contribution in [2.75, 3.05) is 16.8 Å². The van der Waals surface area contributed by atoms with Crippen LogP contribution >= 0.6 is 24.0 Å². The van der Waals surface area contributed by atoms with Gasteiger partial charge in [-0.2, -0.15) is 13.2 Å². The topological polar surface area (TPSA) is 69.7 Å². The van der Waals surface area contributed by atoms with E-state index in [1.165, 1.54) is 21.9 Å². The van der Waals surface area contributed by atoms with Gasteiger partial charge >= 0.3 is 6.18 Å². The van der Waals surface area contributed by atoms with E-state index < -0.39 is 36.0 Å². The molecular weight excluding hydrogens is 547 g/mol. The summed E-state index contributed by atoms with van der Waals surface area (Å²) in [5, 5.41) is 2.42. The smallest absolute Gasteiger partial charge is 0.325 e. The Balaban J connectivity index is 1.43. The van der Waals surface area contributed by atoms with Crippen LogP contribution in [-0.2, 0) is 20.6 Å². The number of benzene rings is 3. The molecule has 0 bridgehead atoms. The molecule has 11 heteroatoms. The summed E-state index contributed by atoms with van der Waals surface area (Å²) in [5.41, 5.74) is 0.951. The van der Waals surface area contributed by atoms with Gasteiger partial charge in [-0.3, -0.25) is 24.2 Å². The number of alkyl halides is 3. The quantitative estimate of drug-likeness (QED) is 0.302. The summed E-state index contributed by atoms with van der Waals surface area (Å²) in [7, 11) is 0. The summed E-state index contributed by atoms with van der Waals surface area (Å²) in [6.45, 7) is 1.39. The Labute approximate surface area is 231 Å². The first-order valence-electron chi connectivity index (χ1n) is 11.8. The van der Waals surface area contributed by atoms with Crippen LogP contribution in [0.3, 0.4) is 0 Å². The van der Waals surface area contributed by atoms with E-state index in [1.54, 1.807) is 24.3 Å². The number of amides is 3. The molecule has 2 aliphatic heterocycles. The highest BCUT2D eigenvalue weighted by atomic mass is 32.2. The van der Waals surface area contributed by atoms with Crippen molar-refractivity contribution in [3.8, 4) is 0 Å². The second kappa shape index (κ2) is 10.3. The molecule has 1 fully saturated rings. The Morgan fingerprint density at radius 3 is 2.38 bits per heavy atom. The van der Waals surface area contributed by atoms with Gasteiger partial charge in [0.15, 0.2) is 0 Å². The largest absolute Gasteiger partial charge is 0.416 e. The number of rotatable bonds is 5. The minimum atomic E-state index is -4.57. The molecule has 0 saturated carbocycles. The Morgan fingerprint density at radius 2 is 1.67 bits per heavy atom. The lowest BCUT2D eigenvalue weighted by molar-refractivity contribution is -0.137. The van der Waals surface area contributed by atoms with E-state index in [0.717, 1.165) is 29.5 Å². The maximum atomic E-state index is 13.6. The number of nitrogens with one attached hydrogen (secondary N) is 1. The first-order valence-corrected chi connectivity index (χ1v) is 13.0. The van der Waals surface area contributed by atoms with Crippen molar-refractivity contribution in [3.63, 3.8) is 0 Å². The molecule has 1 N–H and O–H groups in total. The number of para-hydroxylation sites is 1. The zero-order chi connectivity index (χ0) is 27.9. The van der Waals surface area contributed by atoms with Gasteiger partial charge in [0.05, 0.1) is 27.8 Å². The minimum Gasteiger partial charge on any atom is -0.325 e. The van der Waals surface area contributed by atoms with E-state index in [9.17, 15) is 27.6 Å². The maximum Gasteiger partial charge on any atom is 0.416 e. The van der Waals surface area contributed by atoms with Crippen LogP contribution in [-0.4, -0.2) is 33.5 Å². The molecule has 0 aliphatic carbocycles. The van der Waals surface area contributed by atoms with E-state index in [2.05, 4.69) is 5.32 Å². The molecule has 5 rings (SSSR count). The predicted octanol–water partition coefficient (Wildman–Crippen LogP) is 6.02. The Morgan fingerprint density at radius 1 is 0.974 bits per heavy atom. The Bertz CT molecular complexity index is 1540. The van der Waals surface area contributed by atoms with Crippen LogP contribution in [0.2, 0.25) is 0 Å². The van der Waals surface area contributed by atoms with Crippen molar-refractivity contribution in [3.05, 3.63) is 100 Å². The highest BCUT2D eigenvalue weighted by Crippen LogP contribution is 2.46. The summed E-state index contributed by atoms with van der Waals surface area (Å²) >= 11 is 6.55. The van der Waals surface area contributed by atoms with Gasteiger partial charge in [0.25, 0.3) is 11.8 Å². The third kappa shape index (κ3) is 5.07. The summed E-state index contributed by atoms with van der Waals surface area (Å²) in [6, 6.07) is 20.0.